The summed E-state index contributed by atoms with van der Waals surface area (Å²) in [5, 5.41) is 18.0. The van der Waals surface area contributed by atoms with Crippen molar-refractivity contribution in [2.24, 2.45) is 0 Å². The van der Waals surface area contributed by atoms with Gasteiger partial charge in [0.25, 0.3) is 0 Å². The van der Waals surface area contributed by atoms with Gasteiger partial charge in [-0.05, 0) is 36.3 Å². The Morgan fingerprint density at radius 2 is 1.32 bits per heavy atom. The lowest BCUT2D eigenvalue weighted by Gasteiger charge is -2.36. The molecular weight excluding hydrogens is 347 g/mol. The van der Waals surface area contributed by atoms with Crippen LogP contribution >= 0.6 is 24.8 Å². The summed E-state index contributed by atoms with van der Waals surface area (Å²) in [7, 11) is -2.15. The number of benzene rings is 1. The molecule has 22 heavy (non-hydrogen) atoms. The van der Waals surface area contributed by atoms with Gasteiger partial charge in [-0.1, -0.05) is 20.8 Å². The molecule has 0 aromatic heterocycles. The first-order chi connectivity index (χ1) is 8.94. The van der Waals surface area contributed by atoms with Crippen LogP contribution in [-0.2, 0) is 0 Å². The minimum atomic E-state index is -2.15. The summed E-state index contributed by atoms with van der Waals surface area (Å²) in [6.07, 6.45) is 0. The summed E-state index contributed by atoms with van der Waals surface area (Å²) in [6.45, 7) is 10.2. The van der Waals surface area contributed by atoms with E-state index in [-0.39, 0.29) is 41.0 Å². The van der Waals surface area contributed by atoms with Gasteiger partial charge in [-0.2, -0.15) is 0 Å². The van der Waals surface area contributed by atoms with Crippen LogP contribution in [0.25, 0.3) is 0 Å². The molecule has 0 saturated carbocycles. The molecule has 0 bridgehead atoms. The first kappa shape index (κ1) is 23.0. The van der Waals surface area contributed by atoms with E-state index in [2.05, 4.69) is 20.8 Å². The lowest BCUT2D eigenvalue weighted by atomic mass is 10.1. The third-order valence-electron chi connectivity index (χ3n) is 3.58. The van der Waals surface area contributed by atoms with E-state index in [9.17, 15) is 9.59 Å². The minimum Gasteiger partial charge on any atom is -0.543 e. The van der Waals surface area contributed by atoms with E-state index in [0.717, 1.165) is 6.07 Å². The molecule has 1 aromatic rings. The van der Waals surface area contributed by atoms with Crippen molar-refractivity contribution in [1.82, 2.24) is 0 Å². The Morgan fingerprint density at radius 3 is 1.59 bits per heavy atom. The number of rotatable bonds is 4. The zero-order chi connectivity index (χ0) is 15.7. The van der Waals surface area contributed by atoms with E-state index in [1.807, 2.05) is 13.1 Å². The first-order valence-corrected chi connectivity index (χ1v) is 9.15. The minimum absolute atomic E-state index is 0. The Bertz CT molecular complexity index is 520. The molecule has 0 aliphatic heterocycles. The Hall–Kier alpha value is -1.24. The van der Waals surface area contributed by atoms with E-state index in [1.165, 1.54) is 12.1 Å². The fourth-order valence-electron chi connectivity index (χ4n) is 1.35. The molecule has 0 atom stereocenters. The van der Waals surface area contributed by atoms with E-state index >= 15 is 0 Å². The molecule has 0 spiro atoms. The van der Waals surface area contributed by atoms with E-state index < -0.39 is 20.3 Å². The molecule has 5 nitrogen and oxygen atoms in total. The van der Waals surface area contributed by atoms with Crippen LogP contribution in [0.5, 0.6) is 5.75 Å². The SMILES string of the molecule is CC(C)(C)[Si](C)(C)Oc1cc(C(=O)O)cc(C(=O)O)c1.Cl.Cl. The predicted molar refractivity (Wildman–Crippen MR) is 92.7 cm³/mol. The van der Waals surface area contributed by atoms with Gasteiger partial charge >= 0.3 is 11.9 Å². The largest absolute Gasteiger partial charge is 0.543 e. The van der Waals surface area contributed by atoms with Crippen molar-refractivity contribution in [3.8, 4) is 5.75 Å². The third kappa shape index (κ3) is 5.51. The highest BCUT2D eigenvalue weighted by Gasteiger charge is 2.39. The molecule has 0 fully saturated rings. The topological polar surface area (TPSA) is 83.8 Å². The molecular formula is C14H22Cl2O5Si. The summed E-state index contributed by atoms with van der Waals surface area (Å²) < 4.78 is 5.96. The van der Waals surface area contributed by atoms with Crippen LogP contribution < -0.4 is 4.43 Å². The van der Waals surface area contributed by atoms with Gasteiger partial charge < -0.3 is 14.6 Å². The Labute approximate surface area is 143 Å². The van der Waals surface area contributed by atoms with Crippen LogP contribution in [0.15, 0.2) is 18.2 Å². The summed E-state index contributed by atoms with van der Waals surface area (Å²) in [6, 6.07) is 3.87. The van der Waals surface area contributed by atoms with Crippen molar-refractivity contribution in [2.45, 2.75) is 38.9 Å². The summed E-state index contributed by atoms with van der Waals surface area (Å²) in [4.78, 5) is 22.1. The van der Waals surface area contributed by atoms with Gasteiger partial charge in [0.15, 0.2) is 0 Å². The second-order valence-corrected chi connectivity index (χ2v) is 10.9. The van der Waals surface area contributed by atoms with Crippen LogP contribution in [-0.4, -0.2) is 30.5 Å². The van der Waals surface area contributed by atoms with Crippen LogP contribution in [0.2, 0.25) is 18.1 Å². The number of aromatic carboxylic acids is 2. The van der Waals surface area contributed by atoms with Gasteiger partial charge in [0.2, 0.25) is 8.32 Å². The number of carboxylic acid groups (broad SMARTS) is 2. The zero-order valence-electron chi connectivity index (χ0n) is 13.2. The van der Waals surface area contributed by atoms with E-state index in [0.29, 0.717) is 5.75 Å². The lowest BCUT2D eigenvalue weighted by molar-refractivity contribution is 0.0696. The number of halogens is 2. The van der Waals surface area contributed by atoms with Crippen molar-refractivity contribution in [2.75, 3.05) is 0 Å². The predicted octanol–water partition coefficient (Wildman–Crippen LogP) is 4.31. The Balaban J connectivity index is 0. The average molecular weight is 369 g/mol. The van der Waals surface area contributed by atoms with Crippen molar-refractivity contribution in [3.63, 3.8) is 0 Å². The summed E-state index contributed by atoms with van der Waals surface area (Å²) in [5.41, 5.74) is -0.169. The second kappa shape index (κ2) is 7.85. The van der Waals surface area contributed by atoms with Gasteiger partial charge in [0.05, 0.1) is 11.1 Å². The zero-order valence-corrected chi connectivity index (χ0v) is 15.8. The fourth-order valence-corrected chi connectivity index (χ4v) is 2.37. The number of carbonyl (C=O) groups is 2. The first-order valence-electron chi connectivity index (χ1n) is 6.25. The number of carboxylic acids is 2. The third-order valence-corrected chi connectivity index (χ3v) is 7.94. The van der Waals surface area contributed by atoms with Gasteiger partial charge in [0.1, 0.15) is 5.75 Å². The Kier molecular flexibility index (Phi) is 8.22. The summed E-state index contributed by atoms with van der Waals surface area (Å²) in [5.74, 6) is -2.05. The molecule has 1 rings (SSSR count). The summed E-state index contributed by atoms with van der Waals surface area (Å²) >= 11 is 0. The molecule has 0 saturated heterocycles. The standard InChI is InChI=1S/C14H20O5Si.2ClH/c1-14(2,3)20(4,5)19-11-7-9(12(15)16)6-10(8-11)13(17)18;;/h6-8H,1-5H3,(H,15,16)(H,17,18);2*1H. The molecule has 0 radical (unpaired) electrons. The lowest BCUT2D eigenvalue weighted by Crippen LogP contribution is -2.43. The second-order valence-electron chi connectivity index (χ2n) is 6.22. The van der Waals surface area contributed by atoms with Crippen LogP contribution in [0, 0.1) is 0 Å². The maximum Gasteiger partial charge on any atom is 0.335 e. The normalized spacial score (nSPS) is 11.0. The van der Waals surface area contributed by atoms with Crippen LogP contribution in [0.4, 0.5) is 0 Å². The van der Waals surface area contributed by atoms with Crippen molar-refractivity contribution < 1.29 is 24.2 Å². The maximum atomic E-state index is 11.1. The fraction of sp³-hybridized carbons (Fsp3) is 0.429. The van der Waals surface area contributed by atoms with Crippen molar-refractivity contribution >= 4 is 45.1 Å². The molecule has 126 valence electrons. The number of hydrogen-bond donors (Lipinski definition) is 2. The molecule has 0 heterocycles. The highest BCUT2D eigenvalue weighted by atomic mass is 35.5. The van der Waals surface area contributed by atoms with Gasteiger partial charge in [-0.25, -0.2) is 9.59 Å². The van der Waals surface area contributed by atoms with Gasteiger partial charge in [0, 0.05) is 0 Å². The van der Waals surface area contributed by atoms with E-state index in [4.69, 9.17) is 14.6 Å². The molecule has 0 unspecified atom stereocenters. The molecule has 0 amide bonds. The molecule has 2 N–H and O–H groups in total. The van der Waals surface area contributed by atoms with Gasteiger partial charge in [-0.15, -0.1) is 24.8 Å². The molecule has 1 aromatic carbocycles. The molecule has 0 aliphatic rings. The maximum absolute atomic E-state index is 11.1. The van der Waals surface area contributed by atoms with Crippen molar-refractivity contribution in [1.29, 1.82) is 0 Å². The highest BCUT2D eigenvalue weighted by molar-refractivity contribution is 6.74. The van der Waals surface area contributed by atoms with Crippen molar-refractivity contribution in [3.05, 3.63) is 29.3 Å². The van der Waals surface area contributed by atoms with Gasteiger partial charge in [-0.3, -0.25) is 0 Å². The quantitative estimate of drug-likeness (QED) is 0.773. The highest BCUT2D eigenvalue weighted by Crippen LogP contribution is 2.37. The number of hydrogen-bond acceptors (Lipinski definition) is 3. The molecule has 8 heteroatoms. The smallest absolute Gasteiger partial charge is 0.335 e. The molecule has 0 aliphatic carbocycles. The van der Waals surface area contributed by atoms with Crippen LogP contribution in [0.1, 0.15) is 41.5 Å². The monoisotopic (exact) mass is 368 g/mol. The van der Waals surface area contributed by atoms with Crippen LogP contribution in [0.3, 0.4) is 0 Å². The van der Waals surface area contributed by atoms with E-state index in [1.54, 1.807) is 0 Å². The average Bonchev–Trinajstić information content (AvgIpc) is 2.26. The Morgan fingerprint density at radius 1 is 0.955 bits per heavy atom.